The number of hydrogen-bond acceptors (Lipinski definition) is 4. The van der Waals surface area contributed by atoms with Crippen LogP contribution < -0.4 is 9.47 Å². The lowest BCUT2D eigenvalue weighted by Crippen LogP contribution is -2.00. The Hall–Kier alpha value is -3.50. The van der Waals surface area contributed by atoms with Gasteiger partial charge in [-0.05, 0) is 35.0 Å². The first kappa shape index (κ1) is 15.4. The predicted octanol–water partition coefficient (Wildman–Crippen LogP) is 4.17. The van der Waals surface area contributed by atoms with Crippen LogP contribution in [0, 0.1) is 22.7 Å². The van der Waals surface area contributed by atoms with Gasteiger partial charge >= 0.3 is 0 Å². The molecule has 0 saturated carbocycles. The maximum atomic E-state index is 9.11. The van der Waals surface area contributed by atoms with Crippen LogP contribution in [0.3, 0.4) is 0 Å². The molecule has 0 amide bonds. The van der Waals surface area contributed by atoms with Crippen LogP contribution in [-0.2, 0) is 6.61 Å². The fraction of sp³-hybridized carbons (Fsp3) is 0.100. The third-order valence-corrected chi connectivity index (χ3v) is 3.83. The first-order chi connectivity index (χ1) is 11.8. The predicted molar refractivity (Wildman–Crippen MR) is 90.7 cm³/mol. The molecule has 0 fully saturated rings. The SMILES string of the molecule is COc1ccc2ccccc2c1COc1ccc(C#N)c(C#N)c1. The highest BCUT2D eigenvalue weighted by Crippen LogP contribution is 2.29. The molecule has 3 aromatic carbocycles. The Morgan fingerprint density at radius 3 is 2.46 bits per heavy atom. The number of benzene rings is 3. The number of hydrogen-bond donors (Lipinski definition) is 0. The summed E-state index contributed by atoms with van der Waals surface area (Å²) in [4.78, 5) is 0. The van der Waals surface area contributed by atoms with Crippen LogP contribution >= 0.6 is 0 Å². The van der Waals surface area contributed by atoms with Crippen molar-refractivity contribution < 1.29 is 9.47 Å². The van der Waals surface area contributed by atoms with Crippen molar-refractivity contribution in [2.45, 2.75) is 6.61 Å². The van der Waals surface area contributed by atoms with Gasteiger partial charge in [0.25, 0.3) is 0 Å². The Kier molecular flexibility index (Phi) is 4.32. The minimum Gasteiger partial charge on any atom is -0.496 e. The first-order valence-corrected chi connectivity index (χ1v) is 7.38. The highest BCUT2D eigenvalue weighted by molar-refractivity contribution is 5.87. The number of nitrogens with zero attached hydrogens (tertiary/aromatic N) is 2. The molecule has 0 atom stereocenters. The molecular weight excluding hydrogens is 300 g/mol. The van der Waals surface area contributed by atoms with Gasteiger partial charge in [0.15, 0.2) is 0 Å². The van der Waals surface area contributed by atoms with Crippen molar-refractivity contribution in [3.63, 3.8) is 0 Å². The summed E-state index contributed by atoms with van der Waals surface area (Å²) in [6.45, 7) is 0.307. The monoisotopic (exact) mass is 314 g/mol. The third-order valence-electron chi connectivity index (χ3n) is 3.83. The second kappa shape index (κ2) is 6.73. The van der Waals surface area contributed by atoms with Gasteiger partial charge in [-0.25, -0.2) is 0 Å². The molecule has 0 radical (unpaired) electrons. The largest absolute Gasteiger partial charge is 0.496 e. The molecule has 0 saturated heterocycles. The molecule has 0 unspecified atom stereocenters. The van der Waals surface area contributed by atoms with Gasteiger partial charge in [0.05, 0.1) is 18.2 Å². The minimum absolute atomic E-state index is 0.305. The van der Waals surface area contributed by atoms with E-state index in [-0.39, 0.29) is 0 Å². The van der Waals surface area contributed by atoms with Crippen LogP contribution in [0.4, 0.5) is 0 Å². The molecule has 3 rings (SSSR count). The van der Waals surface area contributed by atoms with Gasteiger partial charge in [0.2, 0.25) is 0 Å². The second-order valence-corrected chi connectivity index (χ2v) is 5.19. The number of ether oxygens (including phenoxy) is 2. The van der Waals surface area contributed by atoms with Crippen molar-refractivity contribution in [2.75, 3.05) is 7.11 Å². The molecule has 0 bridgehead atoms. The summed E-state index contributed by atoms with van der Waals surface area (Å²) in [6, 6.07) is 20.8. The van der Waals surface area contributed by atoms with Gasteiger partial charge < -0.3 is 9.47 Å². The fourth-order valence-corrected chi connectivity index (χ4v) is 2.61. The van der Waals surface area contributed by atoms with E-state index in [0.717, 1.165) is 22.1 Å². The average Bonchev–Trinajstić information content (AvgIpc) is 2.65. The van der Waals surface area contributed by atoms with E-state index in [9.17, 15) is 0 Å². The molecule has 3 aromatic rings. The van der Waals surface area contributed by atoms with E-state index in [1.807, 2.05) is 48.5 Å². The molecule has 116 valence electrons. The van der Waals surface area contributed by atoms with Crippen molar-refractivity contribution in [1.82, 2.24) is 0 Å². The molecule has 0 heterocycles. The number of methoxy groups -OCH3 is 1. The van der Waals surface area contributed by atoms with Crippen molar-refractivity contribution in [1.29, 1.82) is 10.5 Å². The summed E-state index contributed by atoms with van der Waals surface area (Å²) in [5.41, 5.74) is 1.59. The normalized spacial score (nSPS) is 9.96. The van der Waals surface area contributed by atoms with Gasteiger partial charge in [-0.2, -0.15) is 10.5 Å². The summed E-state index contributed by atoms with van der Waals surface area (Å²) in [5, 5.41) is 20.2. The summed E-state index contributed by atoms with van der Waals surface area (Å²) in [7, 11) is 1.63. The third kappa shape index (κ3) is 2.86. The maximum Gasteiger partial charge on any atom is 0.126 e. The number of fused-ring (bicyclic) bond motifs is 1. The average molecular weight is 314 g/mol. The van der Waals surface area contributed by atoms with Crippen LogP contribution in [-0.4, -0.2) is 7.11 Å². The smallest absolute Gasteiger partial charge is 0.126 e. The Morgan fingerprint density at radius 1 is 0.917 bits per heavy atom. The molecule has 0 aliphatic carbocycles. The van der Waals surface area contributed by atoms with E-state index in [4.69, 9.17) is 20.0 Å². The molecule has 0 spiro atoms. The lowest BCUT2D eigenvalue weighted by Gasteiger charge is -2.13. The van der Waals surface area contributed by atoms with Gasteiger partial charge in [0, 0.05) is 5.56 Å². The first-order valence-electron chi connectivity index (χ1n) is 7.38. The van der Waals surface area contributed by atoms with Crippen LogP contribution in [0.2, 0.25) is 0 Å². The quantitative estimate of drug-likeness (QED) is 0.725. The maximum absolute atomic E-state index is 9.11. The van der Waals surface area contributed by atoms with Crippen molar-refractivity contribution >= 4 is 10.8 Å². The molecule has 4 nitrogen and oxygen atoms in total. The molecule has 0 aliphatic heterocycles. The fourth-order valence-electron chi connectivity index (χ4n) is 2.61. The highest BCUT2D eigenvalue weighted by Gasteiger charge is 2.10. The molecule has 0 N–H and O–H groups in total. The van der Waals surface area contributed by atoms with E-state index < -0.39 is 0 Å². The van der Waals surface area contributed by atoms with E-state index in [2.05, 4.69) is 0 Å². The molecular formula is C20H14N2O2. The van der Waals surface area contributed by atoms with Crippen LogP contribution in [0.1, 0.15) is 16.7 Å². The van der Waals surface area contributed by atoms with Crippen molar-refractivity contribution in [2.24, 2.45) is 0 Å². The molecule has 0 aliphatic rings. The van der Waals surface area contributed by atoms with Gasteiger partial charge in [-0.15, -0.1) is 0 Å². The molecule has 4 heteroatoms. The zero-order valence-electron chi connectivity index (χ0n) is 13.1. The minimum atomic E-state index is 0.305. The number of rotatable bonds is 4. The van der Waals surface area contributed by atoms with Crippen molar-refractivity contribution in [3.8, 4) is 23.6 Å². The van der Waals surface area contributed by atoms with E-state index in [0.29, 0.717) is 23.5 Å². The summed E-state index contributed by atoms with van der Waals surface area (Å²) in [5.74, 6) is 1.29. The second-order valence-electron chi connectivity index (χ2n) is 5.19. The Labute approximate surface area is 140 Å². The summed E-state index contributed by atoms with van der Waals surface area (Å²) in [6.07, 6.45) is 0. The van der Waals surface area contributed by atoms with E-state index in [1.54, 1.807) is 25.3 Å². The Balaban J connectivity index is 1.94. The topological polar surface area (TPSA) is 66.0 Å². The highest BCUT2D eigenvalue weighted by atomic mass is 16.5. The van der Waals surface area contributed by atoms with Gasteiger partial charge in [-0.3, -0.25) is 0 Å². The van der Waals surface area contributed by atoms with Crippen molar-refractivity contribution in [3.05, 3.63) is 71.3 Å². The lowest BCUT2D eigenvalue weighted by atomic mass is 10.0. The standard InChI is InChI=1S/C20H14N2O2/c1-23-20-9-7-14-4-2-3-5-18(14)19(20)13-24-17-8-6-15(11-21)16(10-17)12-22/h2-10H,13H2,1H3. The van der Waals surface area contributed by atoms with Crippen LogP contribution in [0.25, 0.3) is 10.8 Å². The lowest BCUT2D eigenvalue weighted by molar-refractivity contribution is 0.298. The summed E-state index contributed by atoms with van der Waals surface area (Å²) < 4.78 is 11.3. The van der Waals surface area contributed by atoms with Crippen LogP contribution in [0.5, 0.6) is 11.5 Å². The number of nitriles is 2. The Morgan fingerprint density at radius 2 is 1.71 bits per heavy atom. The zero-order chi connectivity index (χ0) is 16.9. The molecule has 0 aromatic heterocycles. The summed E-state index contributed by atoms with van der Waals surface area (Å²) >= 11 is 0. The van der Waals surface area contributed by atoms with E-state index in [1.165, 1.54) is 0 Å². The van der Waals surface area contributed by atoms with Gasteiger partial charge in [0.1, 0.15) is 30.2 Å². The van der Waals surface area contributed by atoms with E-state index >= 15 is 0 Å². The van der Waals surface area contributed by atoms with Gasteiger partial charge in [-0.1, -0.05) is 30.3 Å². The van der Waals surface area contributed by atoms with Crippen LogP contribution in [0.15, 0.2) is 54.6 Å². The molecule has 24 heavy (non-hydrogen) atoms. The Bertz CT molecular complexity index is 981. The zero-order valence-corrected chi connectivity index (χ0v) is 13.1.